The molecule has 1 fully saturated rings. The molecule has 1 aliphatic heterocycles. The molecule has 0 aliphatic carbocycles. The second kappa shape index (κ2) is 9.52. The highest BCUT2D eigenvalue weighted by molar-refractivity contribution is 6.02. The third-order valence-corrected chi connectivity index (χ3v) is 5.41. The van der Waals surface area contributed by atoms with Gasteiger partial charge in [0.15, 0.2) is 0 Å². The average Bonchev–Trinajstić information content (AvgIpc) is 2.77. The van der Waals surface area contributed by atoms with Crippen LogP contribution in [0.4, 0.5) is 0 Å². The van der Waals surface area contributed by atoms with E-state index in [1.165, 1.54) is 11.8 Å². The summed E-state index contributed by atoms with van der Waals surface area (Å²) in [7, 11) is 0. The number of nitrogens with zero attached hydrogens (tertiary/aromatic N) is 3. The predicted octanol–water partition coefficient (Wildman–Crippen LogP) is 2.81. The monoisotopic (exact) mass is 402 g/mol. The normalized spacial score (nSPS) is 15.6. The zero-order valence-corrected chi connectivity index (χ0v) is 16.9. The Morgan fingerprint density at radius 3 is 2.43 bits per heavy atom. The molecule has 6 nitrogen and oxygen atoms in total. The molecule has 0 spiro atoms. The number of amides is 1. The van der Waals surface area contributed by atoms with Gasteiger partial charge in [-0.3, -0.25) is 14.6 Å². The highest BCUT2D eigenvalue weighted by Crippen LogP contribution is 2.25. The van der Waals surface area contributed by atoms with Gasteiger partial charge in [0.1, 0.15) is 5.75 Å². The molecule has 1 saturated heterocycles. The maximum absolute atomic E-state index is 12.3. The number of fused-ring (bicyclic) bond motifs is 1. The summed E-state index contributed by atoms with van der Waals surface area (Å²) in [6.07, 6.45) is 1.51. The van der Waals surface area contributed by atoms with Gasteiger partial charge in [-0.1, -0.05) is 60.7 Å². The minimum atomic E-state index is -0.150. The van der Waals surface area contributed by atoms with Crippen LogP contribution in [-0.4, -0.2) is 59.8 Å². The first-order chi connectivity index (χ1) is 14.7. The van der Waals surface area contributed by atoms with Crippen molar-refractivity contribution in [2.45, 2.75) is 6.54 Å². The average molecular weight is 402 g/mol. The van der Waals surface area contributed by atoms with Crippen molar-refractivity contribution < 1.29 is 9.90 Å². The Bertz CT molecular complexity index is 1030. The number of phenolic OH excluding ortho intramolecular Hbond substituents is 1. The molecule has 154 valence electrons. The fourth-order valence-corrected chi connectivity index (χ4v) is 3.77. The number of benzene rings is 3. The first-order valence-corrected chi connectivity index (χ1v) is 10.2. The van der Waals surface area contributed by atoms with E-state index in [4.69, 9.17) is 0 Å². The Hall–Kier alpha value is -3.22. The van der Waals surface area contributed by atoms with Crippen LogP contribution < -0.4 is 5.43 Å². The van der Waals surface area contributed by atoms with Crippen molar-refractivity contribution >= 4 is 22.9 Å². The van der Waals surface area contributed by atoms with Crippen LogP contribution in [-0.2, 0) is 11.3 Å². The molecule has 0 bridgehead atoms. The third-order valence-electron chi connectivity index (χ3n) is 5.41. The van der Waals surface area contributed by atoms with Crippen molar-refractivity contribution in [2.24, 2.45) is 5.10 Å². The molecule has 3 aromatic carbocycles. The quantitative estimate of drug-likeness (QED) is 0.492. The van der Waals surface area contributed by atoms with E-state index in [2.05, 4.69) is 44.6 Å². The number of aromatic hydroxyl groups is 1. The lowest BCUT2D eigenvalue weighted by molar-refractivity contribution is -0.122. The van der Waals surface area contributed by atoms with Crippen LogP contribution in [0.1, 0.15) is 11.1 Å². The van der Waals surface area contributed by atoms with E-state index in [0.29, 0.717) is 12.1 Å². The zero-order chi connectivity index (χ0) is 20.8. The lowest BCUT2D eigenvalue weighted by atomic mass is 10.0. The van der Waals surface area contributed by atoms with Crippen molar-refractivity contribution in [3.8, 4) is 5.75 Å². The first kappa shape index (κ1) is 20.1. The minimum Gasteiger partial charge on any atom is -0.507 e. The van der Waals surface area contributed by atoms with Gasteiger partial charge >= 0.3 is 0 Å². The molecule has 1 amide bonds. The molecule has 1 aliphatic rings. The topological polar surface area (TPSA) is 68.2 Å². The second-order valence-corrected chi connectivity index (χ2v) is 7.55. The standard InChI is InChI=1S/C24H26N4O2/c29-23-11-10-20-8-4-5-9-21(20)22(23)16-25-26-24(30)18-28-14-12-27(13-15-28)17-19-6-2-1-3-7-19/h1-11,16,29H,12-15,17-18H2,(H,26,30)/b25-16-. The van der Waals surface area contributed by atoms with Gasteiger partial charge in [-0.15, -0.1) is 0 Å². The summed E-state index contributed by atoms with van der Waals surface area (Å²) in [5.41, 5.74) is 4.50. The van der Waals surface area contributed by atoms with Crippen LogP contribution in [0.25, 0.3) is 10.8 Å². The van der Waals surface area contributed by atoms with Crippen LogP contribution in [0.15, 0.2) is 71.8 Å². The highest BCUT2D eigenvalue weighted by atomic mass is 16.3. The smallest absolute Gasteiger partial charge is 0.254 e. The lowest BCUT2D eigenvalue weighted by Gasteiger charge is -2.34. The molecule has 1 heterocycles. The molecule has 2 N–H and O–H groups in total. The number of hydrazone groups is 1. The van der Waals surface area contributed by atoms with Gasteiger partial charge in [-0.2, -0.15) is 5.10 Å². The van der Waals surface area contributed by atoms with E-state index in [9.17, 15) is 9.90 Å². The summed E-state index contributed by atoms with van der Waals surface area (Å²) in [6, 6.07) is 21.7. The second-order valence-electron chi connectivity index (χ2n) is 7.55. The van der Waals surface area contributed by atoms with Crippen LogP contribution >= 0.6 is 0 Å². The number of carbonyl (C=O) groups excluding carboxylic acids is 1. The number of carbonyl (C=O) groups is 1. The molecule has 0 saturated carbocycles. The highest BCUT2D eigenvalue weighted by Gasteiger charge is 2.18. The number of rotatable bonds is 6. The van der Waals surface area contributed by atoms with Crippen molar-refractivity contribution in [3.05, 3.63) is 77.9 Å². The van der Waals surface area contributed by atoms with Crippen molar-refractivity contribution in [1.82, 2.24) is 15.2 Å². The Labute approximate surface area is 176 Å². The SMILES string of the molecule is O=C(CN1CCN(Cc2ccccc2)CC1)N/N=C\c1c(O)ccc2ccccc12. The van der Waals surface area contributed by atoms with Crippen LogP contribution in [0, 0.1) is 0 Å². The molecule has 0 unspecified atom stereocenters. The number of nitrogens with one attached hydrogen (secondary N) is 1. The third kappa shape index (κ3) is 5.03. The van der Waals surface area contributed by atoms with Gasteiger partial charge in [-0.25, -0.2) is 5.43 Å². The number of hydrogen-bond donors (Lipinski definition) is 2. The Morgan fingerprint density at radius 2 is 1.63 bits per heavy atom. The van der Waals surface area contributed by atoms with E-state index in [-0.39, 0.29) is 11.7 Å². The number of piperazine rings is 1. The number of phenols is 1. The summed E-state index contributed by atoms with van der Waals surface area (Å²) in [5.74, 6) is -0.0104. The van der Waals surface area contributed by atoms with Crippen molar-refractivity contribution in [1.29, 1.82) is 0 Å². The summed E-state index contributed by atoms with van der Waals surface area (Å²) in [4.78, 5) is 16.8. The molecule has 3 aromatic rings. The van der Waals surface area contributed by atoms with Gasteiger partial charge in [0, 0.05) is 38.3 Å². The van der Waals surface area contributed by atoms with E-state index in [0.717, 1.165) is 43.5 Å². The maximum Gasteiger partial charge on any atom is 0.254 e. The Balaban J connectivity index is 1.26. The van der Waals surface area contributed by atoms with Crippen molar-refractivity contribution in [2.75, 3.05) is 32.7 Å². The van der Waals surface area contributed by atoms with Crippen LogP contribution in [0.5, 0.6) is 5.75 Å². The fraction of sp³-hybridized carbons (Fsp3) is 0.250. The molecule has 0 atom stereocenters. The number of hydrogen-bond acceptors (Lipinski definition) is 5. The molecule has 0 radical (unpaired) electrons. The first-order valence-electron chi connectivity index (χ1n) is 10.2. The van der Waals surface area contributed by atoms with E-state index < -0.39 is 0 Å². The summed E-state index contributed by atoms with van der Waals surface area (Å²) in [5, 5.41) is 16.1. The molecule has 30 heavy (non-hydrogen) atoms. The van der Waals surface area contributed by atoms with Gasteiger partial charge in [-0.05, 0) is 22.4 Å². The van der Waals surface area contributed by atoms with Crippen molar-refractivity contribution in [3.63, 3.8) is 0 Å². The minimum absolute atomic E-state index is 0.140. The summed E-state index contributed by atoms with van der Waals surface area (Å²) >= 11 is 0. The van der Waals surface area contributed by atoms with Gasteiger partial charge < -0.3 is 5.11 Å². The maximum atomic E-state index is 12.3. The summed E-state index contributed by atoms with van der Waals surface area (Å²) in [6.45, 7) is 4.85. The summed E-state index contributed by atoms with van der Waals surface area (Å²) < 4.78 is 0. The van der Waals surface area contributed by atoms with Crippen LogP contribution in [0.3, 0.4) is 0 Å². The molecular formula is C24H26N4O2. The van der Waals surface area contributed by atoms with E-state index in [1.54, 1.807) is 6.07 Å². The Morgan fingerprint density at radius 1 is 0.933 bits per heavy atom. The van der Waals surface area contributed by atoms with E-state index in [1.807, 2.05) is 36.4 Å². The van der Waals surface area contributed by atoms with Crippen LogP contribution in [0.2, 0.25) is 0 Å². The molecule has 4 rings (SSSR count). The van der Waals surface area contributed by atoms with E-state index >= 15 is 0 Å². The Kier molecular flexibility index (Phi) is 6.37. The van der Waals surface area contributed by atoms with Gasteiger partial charge in [0.25, 0.3) is 5.91 Å². The lowest BCUT2D eigenvalue weighted by Crippen LogP contribution is -2.48. The van der Waals surface area contributed by atoms with Gasteiger partial charge in [0.05, 0.1) is 12.8 Å². The fourth-order valence-electron chi connectivity index (χ4n) is 3.77. The molecule has 6 heteroatoms. The van der Waals surface area contributed by atoms with Gasteiger partial charge in [0.2, 0.25) is 0 Å². The molecular weight excluding hydrogens is 376 g/mol. The zero-order valence-electron chi connectivity index (χ0n) is 16.9. The predicted molar refractivity (Wildman–Crippen MR) is 120 cm³/mol. The molecule has 0 aromatic heterocycles. The largest absolute Gasteiger partial charge is 0.507 e.